The monoisotopic (exact) mass is 308 g/mol. The van der Waals surface area contributed by atoms with Gasteiger partial charge in [-0.25, -0.2) is 15.0 Å². The Bertz CT molecular complexity index is 593. The smallest absolute Gasteiger partial charge is 0.137 e. The van der Waals surface area contributed by atoms with Crippen LogP contribution in [0.1, 0.15) is 26.6 Å². The van der Waals surface area contributed by atoms with E-state index in [1.807, 2.05) is 25.2 Å². The number of nitrogens with zero attached hydrogens (tertiary/aromatic N) is 3. The first-order valence-electron chi connectivity index (χ1n) is 6.25. The van der Waals surface area contributed by atoms with Gasteiger partial charge in [0.25, 0.3) is 0 Å². The molecule has 6 heteroatoms. The molecule has 0 aliphatic carbocycles. The molecule has 0 aliphatic rings. The first kappa shape index (κ1) is 15.1. The van der Waals surface area contributed by atoms with Gasteiger partial charge in [0.1, 0.15) is 21.7 Å². The number of rotatable bonds is 3. The average Bonchev–Trinajstić information content (AvgIpc) is 2.40. The first-order valence-corrected chi connectivity index (χ1v) is 7.44. The second kappa shape index (κ2) is 5.97. The van der Waals surface area contributed by atoms with Crippen LogP contribution in [-0.4, -0.2) is 22.0 Å². The summed E-state index contributed by atoms with van der Waals surface area (Å²) < 4.78 is 0. The van der Waals surface area contributed by atoms with Gasteiger partial charge in [0.05, 0.1) is 5.02 Å². The average molecular weight is 309 g/mol. The van der Waals surface area contributed by atoms with E-state index in [4.69, 9.17) is 11.6 Å². The summed E-state index contributed by atoms with van der Waals surface area (Å²) in [7, 11) is 1.85. The molecular weight excluding hydrogens is 292 g/mol. The van der Waals surface area contributed by atoms with Crippen molar-refractivity contribution < 1.29 is 0 Å². The summed E-state index contributed by atoms with van der Waals surface area (Å²) in [5.74, 6) is 1.61. The van der Waals surface area contributed by atoms with Crippen LogP contribution < -0.4 is 5.32 Å². The number of hydrogen-bond acceptors (Lipinski definition) is 5. The van der Waals surface area contributed by atoms with Crippen molar-refractivity contribution in [3.63, 3.8) is 0 Å². The number of hydrogen-bond donors (Lipinski definition) is 1. The van der Waals surface area contributed by atoms with Crippen LogP contribution in [0.4, 0.5) is 5.82 Å². The molecule has 1 N–H and O–H groups in total. The van der Waals surface area contributed by atoms with Crippen molar-refractivity contribution in [2.24, 2.45) is 0 Å². The second-order valence-corrected chi connectivity index (χ2v) is 6.81. The number of nitrogens with one attached hydrogen (secondary N) is 1. The second-order valence-electron chi connectivity index (χ2n) is 5.33. The van der Waals surface area contributed by atoms with E-state index in [1.165, 1.54) is 11.8 Å². The lowest BCUT2D eigenvalue weighted by Crippen LogP contribution is -2.17. The molecular formula is C14H17ClN4S. The predicted molar refractivity (Wildman–Crippen MR) is 83.6 cm³/mol. The largest absolute Gasteiger partial charge is 0.373 e. The van der Waals surface area contributed by atoms with Gasteiger partial charge >= 0.3 is 0 Å². The summed E-state index contributed by atoms with van der Waals surface area (Å²) in [5, 5.41) is 5.42. The van der Waals surface area contributed by atoms with E-state index in [9.17, 15) is 0 Å². The number of halogens is 1. The molecule has 0 atom stereocenters. The minimum atomic E-state index is -0.102. The van der Waals surface area contributed by atoms with E-state index in [2.05, 4.69) is 41.0 Å². The fraction of sp³-hybridized carbons (Fsp3) is 0.357. The number of anilines is 1. The molecule has 106 valence electrons. The molecule has 0 bridgehead atoms. The van der Waals surface area contributed by atoms with Gasteiger partial charge in [-0.2, -0.15) is 0 Å². The third kappa shape index (κ3) is 3.84. The lowest BCUT2D eigenvalue weighted by Gasteiger charge is -2.18. The summed E-state index contributed by atoms with van der Waals surface area (Å²) in [6, 6.07) is 5.61. The standard InChI is InChI=1S/C14H17ClN4S/c1-14(2,3)13-18-10(16-4)7-12(19-13)20-11-6-5-9(15)8-17-11/h5-8H,1-4H3,(H,16,18,19). The Balaban J connectivity index is 2.33. The molecule has 20 heavy (non-hydrogen) atoms. The van der Waals surface area contributed by atoms with Crippen LogP contribution in [0.2, 0.25) is 5.02 Å². The maximum atomic E-state index is 5.84. The zero-order chi connectivity index (χ0) is 14.8. The van der Waals surface area contributed by atoms with Gasteiger partial charge in [0.2, 0.25) is 0 Å². The lowest BCUT2D eigenvalue weighted by atomic mass is 9.96. The first-order chi connectivity index (χ1) is 9.38. The maximum absolute atomic E-state index is 5.84. The highest BCUT2D eigenvalue weighted by atomic mass is 35.5. The molecule has 0 unspecified atom stereocenters. The molecule has 0 spiro atoms. The predicted octanol–water partition coefficient (Wildman–Crippen LogP) is 4.02. The van der Waals surface area contributed by atoms with Crippen LogP contribution in [0.25, 0.3) is 0 Å². The summed E-state index contributed by atoms with van der Waals surface area (Å²) in [4.78, 5) is 13.4. The normalized spacial score (nSPS) is 11.4. The van der Waals surface area contributed by atoms with Crippen LogP contribution in [0.5, 0.6) is 0 Å². The van der Waals surface area contributed by atoms with Crippen molar-refractivity contribution in [3.05, 3.63) is 35.2 Å². The fourth-order valence-corrected chi connectivity index (χ4v) is 2.34. The highest BCUT2D eigenvalue weighted by molar-refractivity contribution is 7.99. The molecule has 2 aromatic rings. The molecule has 2 aromatic heterocycles. The minimum absolute atomic E-state index is 0.102. The van der Waals surface area contributed by atoms with Gasteiger partial charge in [-0.15, -0.1) is 0 Å². The van der Waals surface area contributed by atoms with E-state index in [0.717, 1.165) is 21.7 Å². The van der Waals surface area contributed by atoms with Gasteiger partial charge in [-0.3, -0.25) is 0 Å². The third-order valence-corrected chi connectivity index (χ3v) is 3.63. The summed E-state index contributed by atoms with van der Waals surface area (Å²) >= 11 is 7.34. The lowest BCUT2D eigenvalue weighted by molar-refractivity contribution is 0.539. The zero-order valence-corrected chi connectivity index (χ0v) is 13.5. The molecule has 0 aromatic carbocycles. The topological polar surface area (TPSA) is 50.7 Å². The van der Waals surface area contributed by atoms with Gasteiger partial charge in [-0.05, 0) is 23.9 Å². The molecule has 0 saturated heterocycles. The van der Waals surface area contributed by atoms with E-state index in [1.54, 1.807) is 6.20 Å². The van der Waals surface area contributed by atoms with Crippen LogP contribution in [0.3, 0.4) is 0 Å². The summed E-state index contributed by atoms with van der Waals surface area (Å²) in [6.07, 6.45) is 1.63. The van der Waals surface area contributed by atoms with Gasteiger partial charge in [0, 0.05) is 24.7 Å². The van der Waals surface area contributed by atoms with Crippen LogP contribution in [0, 0.1) is 0 Å². The SMILES string of the molecule is CNc1cc(Sc2ccc(Cl)cn2)nc(C(C)(C)C)n1. The Morgan fingerprint density at radius 3 is 2.45 bits per heavy atom. The van der Waals surface area contributed by atoms with Crippen LogP contribution in [0.15, 0.2) is 34.4 Å². The van der Waals surface area contributed by atoms with Crippen LogP contribution in [-0.2, 0) is 5.41 Å². The maximum Gasteiger partial charge on any atom is 0.137 e. The minimum Gasteiger partial charge on any atom is -0.373 e. The molecule has 4 nitrogen and oxygen atoms in total. The highest BCUT2D eigenvalue weighted by Gasteiger charge is 2.19. The Morgan fingerprint density at radius 2 is 1.90 bits per heavy atom. The Kier molecular flexibility index (Phi) is 4.50. The van der Waals surface area contributed by atoms with Gasteiger partial charge < -0.3 is 5.32 Å². The summed E-state index contributed by atoms with van der Waals surface area (Å²) in [6.45, 7) is 6.28. The van der Waals surface area contributed by atoms with E-state index < -0.39 is 0 Å². The Labute approximate surface area is 128 Å². The van der Waals surface area contributed by atoms with Gasteiger partial charge in [0.15, 0.2) is 0 Å². The molecule has 0 radical (unpaired) electrons. The van der Waals surface area contributed by atoms with Crippen molar-refractivity contribution in [1.29, 1.82) is 0 Å². The molecule has 0 amide bonds. The van der Waals surface area contributed by atoms with Crippen molar-refractivity contribution in [3.8, 4) is 0 Å². The molecule has 0 fully saturated rings. The van der Waals surface area contributed by atoms with Crippen LogP contribution >= 0.6 is 23.4 Å². The van der Waals surface area contributed by atoms with E-state index in [0.29, 0.717) is 5.02 Å². The van der Waals surface area contributed by atoms with Crippen molar-refractivity contribution in [2.45, 2.75) is 36.2 Å². The highest BCUT2D eigenvalue weighted by Crippen LogP contribution is 2.29. The molecule has 2 rings (SSSR count). The number of aromatic nitrogens is 3. The molecule has 2 heterocycles. The molecule has 0 aliphatic heterocycles. The number of pyridine rings is 1. The van der Waals surface area contributed by atoms with E-state index >= 15 is 0 Å². The molecule has 0 saturated carbocycles. The van der Waals surface area contributed by atoms with Crippen molar-refractivity contribution in [2.75, 3.05) is 12.4 Å². The summed E-state index contributed by atoms with van der Waals surface area (Å²) in [5.41, 5.74) is -0.102. The third-order valence-electron chi connectivity index (χ3n) is 2.54. The Hall–Kier alpha value is -1.33. The van der Waals surface area contributed by atoms with E-state index in [-0.39, 0.29) is 5.41 Å². The zero-order valence-electron chi connectivity index (χ0n) is 11.9. The van der Waals surface area contributed by atoms with Crippen molar-refractivity contribution >= 4 is 29.2 Å². The van der Waals surface area contributed by atoms with Crippen molar-refractivity contribution in [1.82, 2.24) is 15.0 Å². The Morgan fingerprint density at radius 1 is 1.15 bits per heavy atom. The fourth-order valence-electron chi connectivity index (χ4n) is 1.47. The quantitative estimate of drug-likeness (QED) is 0.868. The van der Waals surface area contributed by atoms with Gasteiger partial charge in [-0.1, -0.05) is 32.4 Å².